The van der Waals surface area contributed by atoms with Crippen molar-refractivity contribution in [2.24, 2.45) is 5.92 Å². The minimum absolute atomic E-state index is 0.498. The van der Waals surface area contributed by atoms with E-state index in [0.29, 0.717) is 17.6 Å². The molecule has 2 aromatic rings. The molecule has 7 heteroatoms. The largest absolute Gasteiger partial charge is 0.373 e. The third-order valence-corrected chi connectivity index (χ3v) is 3.70. The van der Waals surface area contributed by atoms with Gasteiger partial charge >= 0.3 is 0 Å². The van der Waals surface area contributed by atoms with Gasteiger partial charge in [-0.2, -0.15) is 0 Å². The third kappa shape index (κ3) is 3.66. The summed E-state index contributed by atoms with van der Waals surface area (Å²) in [6.45, 7) is 4.32. The number of halogens is 1. The molecule has 6 nitrogen and oxygen atoms in total. The van der Waals surface area contributed by atoms with Gasteiger partial charge in [0.25, 0.3) is 0 Å². The van der Waals surface area contributed by atoms with Crippen LogP contribution < -0.4 is 10.6 Å². The predicted molar refractivity (Wildman–Crippen MR) is 88.4 cm³/mol. The number of hydrogen-bond acceptors (Lipinski definition) is 6. The van der Waals surface area contributed by atoms with Crippen LogP contribution in [0.3, 0.4) is 0 Å². The normalized spacial score (nSPS) is 10.8. The van der Waals surface area contributed by atoms with Crippen molar-refractivity contribution in [2.45, 2.75) is 20.3 Å². The molecule has 21 heavy (non-hydrogen) atoms. The van der Waals surface area contributed by atoms with Gasteiger partial charge in [-0.1, -0.05) is 13.8 Å². The number of rotatable bonds is 5. The lowest BCUT2D eigenvalue weighted by atomic mass is 10.1. The van der Waals surface area contributed by atoms with Gasteiger partial charge in [-0.15, -0.1) is 0 Å². The van der Waals surface area contributed by atoms with Crippen LogP contribution in [0.1, 0.15) is 19.5 Å². The average Bonchev–Trinajstić information content (AvgIpc) is 2.49. The van der Waals surface area contributed by atoms with E-state index in [1.807, 2.05) is 14.1 Å². The van der Waals surface area contributed by atoms with Gasteiger partial charge in [0.05, 0.1) is 10.2 Å². The second-order valence-corrected chi connectivity index (χ2v) is 5.81. The molecule has 0 amide bonds. The van der Waals surface area contributed by atoms with Crippen LogP contribution in [0.5, 0.6) is 0 Å². The predicted octanol–water partition coefficient (Wildman–Crippen LogP) is 2.98. The lowest BCUT2D eigenvalue weighted by Gasteiger charge is -2.12. The molecule has 112 valence electrons. The summed E-state index contributed by atoms with van der Waals surface area (Å²) in [4.78, 5) is 17.8. The summed E-state index contributed by atoms with van der Waals surface area (Å²) in [7, 11) is 3.65. The standard InChI is InChI=1S/C14H19BrN6/c1-8(2)7-9-11(15)12(17-4)21-14(19-9)13-18-6-5-10(16-3)20-13/h5-6,8H,7H2,1-4H3,(H,16,18,20)(H,17,19,21). The Kier molecular flexibility index (Phi) is 5.06. The van der Waals surface area contributed by atoms with Crippen LogP contribution in [0.4, 0.5) is 11.6 Å². The fourth-order valence-electron chi connectivity index (χ4n) is 1.89. The maximum atomic E-state index is 4.62. The first-order valence-electron chi connectivity index (χ1n) is 6.80. The highest BCUT2D eigenvalue weighted by atomic mass is 79.9. The number of hydrogen-bond donors (Lipinski definition) is 2. The van der Waals surface area contributed by atoms with Gasteiger partial charge in [0.2, 0.25) is 0 Å². The van der Waals surface area contributed by atoms with E-state index in [1.165, 1.54) is 0 Å². The highest BCUT2D eigenvalue weighted by Crippen LogP contribution is 2.27. The van der Waals surface area contributed by atoms with E-state index in [1.54, 1.807) is 12.3 Å². The summed E-state index contributed by atoms with van der Waals surface area (Å²) in [5.41, 5.74) is 0.956. The molecule has 0 aliphatic carbocycles. The van der Waals surface area contributed by atoms with Gasteiger partial charge in [-0.05, 0) is 34.3 Å². The van der Waals surface area contributed by atoms with Gasteiger partial charge in [0.15, 0.2) is 11.6 Å². The van der Waals surface area contributed by atoms with Crippen molar-refractivity contribution in [3.63, 3.8) is 0 Å². The van der Waals surface area contributed by atoms with E-state index in [9.17, 15) is 0 Å². The number of nitrogens with zero attached hydrogens (tertiary/aromatic N) is 4. The Labute approximate surface area is 133 Å². The van der Waals surface area contributed by atoms with Crippen LogP contribution >= 0.6 is 15.9 Å². The third-order valence-electron chi connectivity index (χ3n) is 2.87. The molecule has 0 fully saturated rings. The molecular weight excluding hydrogens is 332 g/mol. The van der Waals surface area contributed by atoms with Crippen molar-refractivity contribution < 1.29 is 0 Å². The van der Waals surface area contributed by atoms with Crippen molar-refractivity contribution in [2.75, 3.05) is 24.7 Å². The van der Waals surface area contributed by atoms with Crippen molar-refractivity contribution >= 4 is 27.6 Å². The van der Waals surface area contributed by atoms with Crippen LogP contribution in [0, 0.1) is 5.92 Å². The minimum atomic E-state index is 0.498. The molecule has 0 atom stereocenters. The fourth-order valence-corrected chi connectivity index (χ4v) is 2.42. The molecule has 2 N–H and O–H groups in total. The number of anilines is 2. The van der Waals surface area contributed by atoms with Crippen LogP contribution in [-0.2, 0) is 6.42 Å². The molecular formula is C14H19BrN6. The first-order chi connectivity index (χ1) is 10.0. The second-order valence-electron chi connectivity index (χ2n) is 5.02. The topological polar surface area (TPSA) is 75.6 Å². The summed E-state index contributed by atoms with van der Waals surface area (Å²) in [5, 5.41) is 6.07. The van der Waals surface area contributed by atoms with Crippen molar-refractivity contribution in [3.05, 3.63) is 22.4 Å². The molecule has 0 saturated heterocycles. The molecule has 0 aromatic carbocycles. The summed E-state index contributed by atoms with van der Waals surface area (Å²) < 4.78 is 0.896. The van der Waals surface area contributed by atoms with E-state index in [4.69, 9.17) is 0 Å². The Morgan fingerprint density at radius 2 is 1.86 bits per heavy atom. The highest BCUT2D eigenvalue weighted by Gasteiger charge is 2.15. The first kappa shape index (κ1) is 15.6. The molecule has 0 unspecified atom stereocenters. The highest BCUT2D eigenvalue weighted by molar-refractivity contribution is 9.10. The van der Waals surface area contributed by atoms with Crippen molar-refractivity contribution in [1.29, 1.82) is 0 Å². The lowest BCUT2D eigenvalue weighted by Crippen LogP contribution is -2.07. The maximum absolute atomic E-state index is 4.62. The van der Waals surface area contributed by atoms with Gasteiger partial charge in [0.1, 0.15) is 11.6 Å². The smallest absolute Gasteiger partial charge is 0.200 e. The molecule has 0 spiro atoms. The quantitative estimate of drug-likeness (QED) is 0.863. The molecule has 0 saturated carbocycles. The summed E-state index contributed by atoms with van der Waals surface area (Å²) in [6, 6.07) is 1.80. The molecule has 0 bridgehead atoms. The Morgan fingerprint density at radius 1 is 1.10 bits per heavy atom. The maximum Gasteiger partial charge on any atom is 0.200 e. The van der Waals surface area contributed by atoms with Gasteiger partial charge in [-0.25, -0.2) is 19.9 Å². The summed E-state index contributed by atoms with van der Waals surface area (Å²) in [5.74, 6) is 3.02. The minimum Gasteiger partial charge on any atom is -0.373 e. The molecule has 2 aromatic heterocycles. The van der Waals surface area contributed by atoms with Gasteiger partial charge < -0.3 is 10.6 Å². The number of aromatic nitrogens is 4. The van der Waals surface area contributed by atoms with E-state index < -0.39 is 0 Å². The first-order valence-corrected chi connectivity index (χ1v) is 7.59. The zero-order valence-corrected chi connectivity index (χ0v) is 14.2. The average molecular weight is 351 g/mol. The Bertz CT molecular complexity index is 629. The van der Waals surface area contributed by atoms with E-state index in [-0.39, 0.29) is 0 Å². The summed E-state index contributed by atoms with van der Waals surface area (Å²) >= 11 is 3.56. The lowest BCUT2D eigenvalue weighted by molar-refractivity contribution is 0.632. The molecule has 0 radical (unpaired) electrons. The Morgan fingerprint density at radius 3 is 2.48 bits per heavy atom. The van der Waals surface area contributed by atoms with Crippen molar-refractivity contribution in [1.82, 2.24) is 19.9 Å². The SMILES string of the molecule is CNc1ccnc(-c2nc(CC(C)C)c(Br)c(NC)n2)n1. The zero-order chi connectivity index (χ0) is 15.4. The van der Waals surface area contributed by atoms with Crippen LogP contribution in [0.25, 0.3) is 11.6 Å². The van der Waals surface area contributed by atoms with Crippen LogP contribution in [0.2, 0.25) is 0 Å². The van der Waals surface area contributed by atoms with E-state index in [2.05, 4.69) is 60.3 Å². The fraction of sp³-hybridized carbons (Fsp3) is 0.429. The molecule has 2 heterocycles. The molecule has 0 aliphatic heterocycles. The molecule has 2 rings (SSSR count). The monoisotopic (exact) mass is 350 g/mol. The Balaban J connectivity index is 2.52. The Hall–Kier alpha value is -1.76. The van der Waals surface area contributed by atoms with E-state index >= 15 is 0 Å². The number of nitrogens with one attached hydrogen (secondary N) is 2. The van der Waals surface area contributed by atoms with Gasteiger partial charge in [-0.3, -0.25) is 0 Å². The van der Waals surface area contributed by atoms with E-state index in [0.717, 1.165) is 28.2 Å². The second kappa shape index (κ2) is 6.80. The van der Waals surface area contributed by atoms with Gasteiger partial charge in [0, 0.05) is 20.3 Å². The zero-order valence-electron chi connectivity index (χ0n) is 12.6. The summed E-state index contributed by atoms with van der Waals surface area (Å²) in [6.07, 6.45) is 2.55. The van der Waals surface area contributed by atoms with Crippen LogP contribution in [0.15, 0.2) is 16.7 Å². The van der Waals surface area contributed by atoms with Crippen LogP contribution in [-0.4, -0.2) is 34.0 Å². The van der Waals surface area contributed by atoms with Crippen molar-refractivity contribution in [3.8, 4) is 11.6 Å². The molecule has 0 aliphatic rings.